The molecule has 0 bridgehead atoms. The van der Waals surface area contributed by atoms with E-state index in [1.54, 1.807) is 0 Å². The highest BCUT2D eigenvalue weighted by Crippen LogP contribution is 2.30. The molecule has 2 atom stereocenters. The normalized spacial score (nSPS) is 23.2. The van der Waals surface area contributed by atoms with E-state index in [-0.39, 0.29) is 0 Å². The smallest absolute Gasteiger partial charge is 0.0863 e. The summed E-state index contributed by atoms with van der Waals surface area (Å²) >= 11 is 6.32. The summed E-state index contributed by atoms with van der Waals surface area (Å²) < 4.78 is 1.87. The lowest BCUT2D eigenvalue weighted by atomic mass is 9.97. The van der Waals surface area contributed by atoms with Gasteiger partial charge < -0.3 is 10.4 Å². The number of nitrogens with one attached hydrogen (secondary N) is 1. The summed E-state index contributed by atoms with van der Waals surface area (Å²) in [5.74, 6) is 1.07. The molecule has 108 valence electrons. The molecular formula is C14H24ClN3O. The van der Waals surface area contributed by atoms with E-state index < -0.39 is 0 Å². The van der Waals surface area contributed by atoms with E-state index >= 15 is 0 Å². The predicted molar refractivity (Wildman–Crippen MR) is 77.2 cm³/mol. The van der Waals surface area contributed by atoms with Crippen LogP contribution in [-0.4, -0.2) is 28.0 Å². The average Bonchev–Trinajstić information content (AvgIpc) is 2.96. The summed E-state index contributed by atoms with van der Waals surface area (Å²) in [4.78, 5) is 0. The molecule has 1 aromatic heterocycles. The van der Waals surface area contributed by atoms with Crippen LogP contribution >= 0.6 is 11.6 Å². The van der Waals surface area contributed by atoms with Gasteiger partial charge in [0.2, 0.25) is 0 Å². The summed E-state index contributed by atoms with van der Waals surface area (Å²) in [5.41, 5.74) is 2.02. The third kappa shape index (κ3) is 3.30. The topological polar surface area (TPSA) is 50.1 Å². The number of hydrogen-bond acceptors (Lipinski definition) is 3. The first-order valence-electron chi connectivity index (χ1n) is 7.19. The summed E-state index contributed by atoms with van der Waals surface area (Å²) in [6.45, 7) is 4.08. The molecule has 2 unspecified atom stereocenters. The fourth-order valence-electron chi connectivity index (χ4n) is 3.01. The second-order valence-electron chi connectivity index (χ2n) is 5.45. The van der Waals surface area contributed by atoms with Crippen molar-refractivity contribution in [2.24, 2.45) is 18.9 Å². The number of aliphatic hydroxyl groups excluding tert-OH is 1. The lowest BCUT2D eigenvalue weighted by Crippen LogP contribution is -2.27. The van der Waals surface area contributed by atoms with Gasteiger partial charge in [0.15, 0.2) is 0 Å². The van der Waals surface area contributed by atoms with Gasteiger partial charge >= 0.3 is 0 Å². The number of aromatic nitrogens is 2. The minimum atomic E-state index is 0.318. The number of aryl methyl sites for hydroxylation is 2. The Hall–Kier alpha value is -0.580. The SMILES string of the molecule is CCc1nn(C)c(CNCC2CCCC2CO)c1Cl. The van der Waals surface area contributed by atoms with Gasteiger partial charge in [-0.1, -0.05) is 24.9 Å². The van der Waals surface area contributed by atoms with Gasteiger partial charge in [0.1, 0.15) is 0 Å². The molecule has 1 aliphatic rings. The second-order valence-corrected chi connectivity index (χ2v) is 5.83. The van der Waals surface area contributed by atoms with Crippen LogP contribution in [0.2, 0.25) is 5.02 Å². The molecule has 4 nitrogen and oxygen atoms in total. The maximum atomic E-state index is 9.31. The molecule has 2 N–H and O–H groups in total. The number of nitrogens with zero attached hydrogens (tertiary/aromatic N) is 2. The Morgan fingerprint density at radius 1 is 1.42 bits per heavy atom. The summed E-state index contributed by atoms with van der Waals surface area (Å²) in [6.07, 6.45) is 4.48. The largest absolute Gasteiger partial charge is 0.396 e. The van der Waals surface area contributed by atoms with Gasteiger partial charge in [-0.25, -0.2) is 0 Å². The van der Waals surface area contributed by atoms with Crippen LogP contribution in [0.5, 0.6) is 0 Å². The quantitative estimate of drug-likeness (QED) is 0.842. The molecule has 1 heterocycles. The van der Waals surface area contributed by atoms with E-state index in [9.17, 15) is 5.11 Å². The minimum absolute atomic E-state index is 0.318. The molecule has 0 amide bonds. The Bertz CT molecular complexity index is 419. The Morgan fingerprint density at radius 3 is 2.79 bits per heavy atom. The molecule has 1 saturated carbocycles. The van der Waals surface area contributed by atoms with Crippen LogP contribution in [0.15, 0.2) is 0 Å². The highest BCUT2D eigenvalue weighted by Gasteiger charge is 2.26. The third-order valence-corrected chi connectivity index (χ3v) is 4.69. The zero-order valence-electron chi connectivity index (χ0n) is 11.8. The van der Waals surface area contributed by atoms with Crippen molar-refractivity contribution >= 4 is 11.6 Å². The molecule has 0 radical (unpaired) electrons. The highest BCUT2D eigenvalue weighted by molar-refractivity contribution is 6.31. The van der Waals surface area contributed by atoms with Crippen molar-refractivity contribution in [2.45, 2.75) is 39.2 Å². The molecule has 0 spiro atoms. The first-order valence-corrected chi connectivity index (χ1v) is 7.57. The standard InChI is InChI=1S/C14H24ClN3O/c1-3-12-14(15)13(18(2)17-12)8-16-7-10-5-4-6-11(10)9-19/h10-11,16,19H,3-9H2,1-2H3. The van der Waals surface area contributed by atoms with Gasteiger partial charge in [-0.2, -0.15) is 5.10 Å². The highest BCUT2D eigenvalue weighted by atomic mass is 35.5. The average molecular weight is 286 g/mol. The van der Waals surface area contributed by atoms with Crippen LogP contribution < -0.4 is 5.32 Å². The van der Waals surface area contributed by atoms with Crippen LogP contribution in [0.3, 0.4) is 0 Å². The molecule has 0 saturated heterocycles. The first kappa shape index (κ1) is 14.8. The van der Waals surface area contributed by atoms with E-state index in [0.29, 0.717) is 18.4 Å². The van der Waals surface area contributed by atoms with Crippen LogP contribution in [0.1, 0.15) is 37.6 Å². The zero-order chi connectivity index (χ0) is 13.8. The van der Waals surface area contributed by atoms with Gasteiger partial charge in [0.25, 0.3) is 0 Å². The van der Waals surface area contributed by atoms with E-state index in [1.165, 1.54) is 12.8 Å². The fourth-order valence-corrected chi connectivity index (χ4v) is 3.37. The number of hydrogen-bond donors (Lipinski definition) is 2. The van der Waals surface area contributed by atoms with E-state index in [0.717, 1.165) is 42.3 Å². The van der Waals surface area contributed by atoms with Crippen LogP contribution in [0, 0.1) is 11.8 Å². The van der Waals surface area contributed by atoms with Crippen molar-refractivity contribution < 1.29 is 5.11 Å². The monoisotopic (exact) mass is 285 g/mol. The summed E-state index contributed by atoms with van der Waals surface area (Å²) in [7, 11) is 1.94. The Kier molecular flexibility index (Phi) is 5.25. The molecular weight excluding hydrogens is 262 g/mol. The number of halogens is 1. The minimum Gasteiger partial charge on any atom is -0.396 e. The lowest BCUT2D eigenvalue weighted by molar-refractivity contribution is 0.192. The van der Waals surface area contributed by atoms with Crippen molar-refractivity contribution in [3.05, 3.63) is 16.4 Å². The maximum absolute atomic E-state index is 9.31. The van der Waals surface area contributed by atoms with Gasteiger partial charge in [-0.3, -0.25) is 4.68 Å². The lowest BCUT2D eigenvalue weighted by Gasteiger charge is -2.17. The van der Waals surface area contributed by atoms with Gasteiger partial charge in [-0.05, 0) is 37.6 Å². The second kappa shape index (κ2) is 6.73. The number of rotatable bonds is 6. The molecule has 5 heteroatoms. The van der Waals surface area contributed by atoms with E-state index in [1.807, 2.05) is 11.7 Å². The van der Waals surface area contributed by atoms with Crippen LogP contribution in [-0.2, 0) is 20.0 Å². The van der Waals surface area contributed by atoms with Gasteiger partial charge in [-0.15, -0.1) is 0 Å². The van der Waals surface area contributed by atoms with Gasteiger partial charge in [0, 0.05) is 20.2 Å². The molecule has 1 fully saturated rings. The summed E-state index contributed by atoms with van der Waals surface area (Å²) in [5, 5.41) is 18.0. The maximum Gasteiger partial charge on any atom is 0.0863 e. The molecule has 0 aliphatic heterocycles. The Morgan fingerprint density at radius 2 is 2.16 bits per heavy atom. The zero-order valence-corrected chi connectivity index (χ0v) is 12.6. The third-order valence-electron chi connectivity index (χ3n) is 4.25. The molecule has 0 aromatic carbocycles. The first-order chi connectivity index (χ1) is 9.17. The van der Waals surface area contributed by atoms with Crippen molar-refractivity contribution in [2.75, 3.05) is 13.2 Å². The van der Waals surface area contributed by atoms with Crippen molar-refractivity contribution in [1.29, 1.82) is 0 Å². The predicted octanol–water partition coefficient (Wildman–Crippen LogP) is 2.13. The van der Waals surface area contributed by atoms with Crippen LogP contribution in [0.25, 0.3) is 0 Å². The van der Waals surface area contributed by atoms with Crippen molar-refractivity contribution in [1.82, 2.24) is 15.1 Å². The number of aliphatic hydroxyl groups is 1. The Labute approximate surface area is 120 Å². The van der Waals surface area contributed by atoms with E-state index in [4.69, 9.17) is 11.6 Å². The molecule has 1 aliphatic carbocycles. The van der Waals surface area contributed by atoms with E-state index in [2.05, 4.69) is 17.3 Å². The van der Waals surface area contributed by atoms with Crippen molar-refractivity contribution in [3.63, 3.8) is 0 Å². The summed E-state index contributed by atoms with van der Waals surface area (Å²) in [6, 6.07) is 0. The molecule has 2 rings (SSSR count). The molecule has 19 heavy (non-hydrogen) atoms. The Balaban J connectivity index is 1.87. The fraction of sp³-hybridized carbons (Fsp3) is 0.786. The van der Waals surface area contributed by atoms with Gasteiger partial charge in [0.05, 0.1) is 16.4 Å². The van der Waals surface area contributed by atoms with Crippen molar-refractivity contribution in [3.8, 4) is 0 Å². The molecule has 1 aromatic rings. The van der Waals surface area contributed by atoms with Crippen LogP contribution in [0.4, 0.5) is 0 Å².